The third-order valence-electron chi connectivity index (χ3n) is 3.06. The molecule has 6 nitrogen and oxygen atoms in total. The molecule has 106 valence electrons. The van der Waals surface area contributed by atoms with Crippen LogP contribution in [0.4, 0.5) is 10.1 Å². The largest absolute Gasteiger partial charge is 0.307 e. The number of benzene rings is 1. The van der Waals surface area contributed by atoms with Gasteiger partial charge < -0.3 is 4.57 Å². The number of hydrogen-bond acceptors (Lipinski definition) is 4. The lowest BCUT2D eigenvalue weighted by Crippen LogP contribution is -2.24. The number of halogens is 1. The molecule has 1 heterocycles. The summed E-state index contributed by atoms with van der Waals surface area (Å²) in [7, 11) is 0. The average Bonchev–Trinajstić information content (AvgIpc) is 2.43. The Morgan fingerprint density at radius 2 is 2.10 bits per heavy atom. The van der Waals surface area contributed by atoms with Crippen molar-refractivity contribution in [2.45, 2.75) is 13.5 Å². The van der Waals surface area contributed by atoms with E-state index in [-0.39, 0.29) is 12.1 Å². The molecule has 1 aromatic carbocycles. The van der Waals surface area contributed by atoms with Gasteiger partial charge in [-0.25, -0.2) is 0 Å². The molecule has 0 saturated heterocycles. The number of nitriles is 1. The number of rotatable bonds is 3. The zero-order valence-corrected chi connectivity index (χ0v) is 11.0. The highest BCUT2D eigenvalue weighted by atomic mass is 19.1. The summed E-state index contributed by atoms with van der Waals surface area (Å²) in [4.78, 5) is 21.8. The van der Waals surface area contributed by atoms with Crippen LogP contribution in [0, 0.1) is 34.2 Å². The van der Waals surface area contributed by atoms with Crippen LogP contribution in [-0.4, -0.2) is 9.49 Å². The Morgan fingerprint density at radius 1 is 1.38 bits per heavy atom. The number of nitro benzene ring substituents is 1. The fraction of sp³-hybridized carbons (Fsp3) is 0.143. The van der Waals surface area contributed by atoms with Gasteiger partial charge in [-0.1, -0.05) is 6.07 Å². The molecule has 0 atom stereocenters. The molecule has 21 heavy (non-hydrogen) atoms. The highest BCUT2D eigenvalue weighted by molar-refractivity contribution is 5.35. The number of pyridine rings is 1. The van der Waals surface area contributed by atoms with Crippen LogP contribution in [0.25, 0.3) is 0 Å². The summed E-state index contributed by atoms with van der Waals surface area (Å²) >= 11 is 0. The molecule has 0 saturated carbocycles. The second-order valence-electron chi connectivity index (χ2n) is 4.43. The lowest BCUT2D eigenvalue weighted by molar-refractivity contribution is -0.387. The molecule has 7 heteroatoms. The van der Waals surface area contributed by atoms with Crippen molar-refractivity contribution >= 4 is 5.69 Å². The predicted molar refractivity (Wildman–Crippen MR) is 72.3 cm³/mol. The summed E-state index contributed by atoms with van der Waals surface area (Å²) in [5.41, 5.74) is -0.0935. The second kappa shape index (κ2) is 5.54. The van der Waals surface area contributed by atoms with Gasteiger partial charge in [-0.2, -0.15) is 9.65 Å². The Hall–Kier alpha value is -3.01. The predicted octanol–water partition coefficient (Wildman–Crippen LogP) is 2.12. The van der Waals surface area contributed by atoms with Crippen LogP contribution in [0.1, 0.15) is 16.8 Å². The number of aryl methyl sites for hydroxylation is 1. The third kappa shape index (κ3) is 2.79. The first-order valence-corrected chi connectivity index (χ1v) is 5.97. The molecule has 0 bridgehead atoms. The first-order valence-electron chi connectivity index (χ1n) is 5.97. The third-order valence-corrected chi connectivity index (χ3v) is 3.06. The van der Waals surface area contributed by atoms with E-state index in [1.165, 1.54) is 16.7 Å². The summed E-state index contributed by atoms with van der Waals surface area (Å²) in [6, 6.07) is 8.27. The van der Waals surface area contributed by atoms with Crippen molar-refractivity contribution < 1.29 is 9.31 Å². The highest BCUT2D eigenvalue weighted by Crippen LogP contribution is 2.18. The van der Waals surface area contributed by atoms with Crippen molar-refractivity contribution in [3.63, 3.8) is 0 Å². The number of hydrogen-bond donors (Lipinski definition) is 0. The van der Waals surface area contributed by atoms with E-state index in [2.05, 4.69) is 0 Å². The maximum Gasteiger partial charge on any atom is 0.304 e. The van der Waals surface area contributed by atoms with Crippen molar-refractivity contribution in [2.24, 2.45) is 0 Å². The van der Waals surface area contributed by atoms with Gasteiger partial charge in [0.25, 0.3) is 5.56 Å². The molecule has 2 rings (SSSR count). The summed E-state index contributed by atoms with van der Waals surface area (Å²) in [6.45, 7) is 1.72. The van der Waals surface area contributed by atoms with Crippen molar-refractivity contribution in [3.05, 3.63) is 73.4 Å². The summed E-state index contributed by atoms with van der Waals surface area (Å²) in [6.07, 6.45) is 0. The van der Waals surface area contributed by atoms with Crippen LogP contribution in [0.2, 0.25) is 0 Å². The molecule has 0 fully saturated rings. The maximum atomic E-state index is 13.6. The monoisotopic (exact) mass is 287 g/mol. The number of nitrogens with zero attached hydrogens (tertiary/aromatic N) is 3. The first-order chi connectivity index (χ1) is 9.93. The van der Waals surface area contributed by atoms with E-state index < -0.39 is 22.0 Å². The Bertz CT molecular complexity index is 821. The molecule has 0 aliphatic carbocycles. The van der Waals surface area contributed by atoms with E-state index in [9.17, 15) is 19.3 Å². The molecule has 1 aromatic heterocycles. The van der Waals surface area contributed by atoms with Gasteiger partial charge in [0.1, 0.15) is 11.6 Å². The summed E-state index contributed by atoms with van der Waals surface area (Å²) in [5.74, 6) is -0.959. The van der Waals surface area contributed by atoms with E-state index in [1.807, 2.05) is 0 Å². The Balaban J connectivity index is 2.44. The Kier molecular flexibility index (Phi) is 3.80. The van der Waals surface area contributed by atoms with Crippen molar-refractivity contribution in [2.75, 3.05) is 0 Å². The fourth-order valence-corrected chi connectivity index (χ4v) is 1.93. The second-order valence-corrected chi connectivity index (χ2v) is 4.43. The van der Waals surface area contributed by atoms with Crippen molar-refractivity contribution in [3.8, 4) is 6.07 Å². The SMILES string of the molecule is Cc1ccc(C#N)c(=O)n1Cc1ccc([N+](=O)[O-])c(F)c1. The van der Waals surface area contributed by atoms with Gasteiger partial charge >= 0.3 is 5.69 Å². The van der Waals surface area contributed by atoms with E-state index in [0.29, 0.717) is 11.3 Å². The highest BCUT2D eigenvalue weighted by Gasteiger charge is 2.14. The maximum absolute atomic E-state index is 13.6. The lowest BCUT2D eigenvalue weighted by Gasteiger charge is -2.10. The van der Waals surface area contributed by atoms with Crippen LogP contribution >= 0.6 is 0 Å². The van der Waals surface area contributed by atoms with Gasteiger partial charge in [0.2, 0.25) is 5.82 Å². The molecule has 0 amide bonds. The zero-order valence-electron chi connectivity index (χ0n) is 11.0. The minimum absolute atomic E-state index is 0.0111. The van der Waals surface area contributed by atoms with Crippen LogP contribution in [0.5, 0.6) is 0 Å². The van der Waals surface area contributed by atoms with E-state index in [0.717, 1.165) is 12.1 Å². The lowest BCUT2D eigenvalue weighted by atomic mass is 10.1. The minimum Gasteiger partial charge on any atom is -0.307 e. The van der Waals surface area contributed by atoms with Crippen LogP contribution in [0.15, 0.2) is 35.1 Å². The normalized spacial score (nSPS) is 10.1. The summed E-state index contributed by atoms with van der Waals surface area (Å²) < 4.78 is 14.9. The van der Waals surface area contributed by atoms with Gasteiger partial charge in [-0.3, -0.25) is 14.9 Å². The minimum atomic E-state index is -0.959. The molecule has 0 aliphatic rings. The quantitative estimate of drug-likeness (QED) is 0.639. The van der Waals surface area contributed by atoms with Gasteiger partial charge in [0.15, 0.2) is 0 Å². The summed E-state index contributed by atoms with van der Waals surface area (Å²) in [5, 5.41) is 19.4. The smallest absolute Gasteiger partial charge is 0.304 e. The van der Waals surface area contributed by atoms with Crippen molar-refractivity contribution in [1.29, 1.82) is 5.26 Å². The van der Waals surface area contributed by atoms with Crippen molar-refractivity contribution in [1.82, 2.24) is 4.57 Å². The van der Waals surface area contributed by atoms with E-state index >= 15 is 0 Å². The molecular weight excluding hydrogens is 277 g/mol. The average molecular weight is 287 g/mol. The topological polar surface area (TPSA) is 88.9 Å². The fourth-order valence-electron chi connectivity index (χ4n) is 1.93. The number of nitro groups is 1. The molecule has 0 spiro atoms. The van der Waals surface area contributed by atoms with Crippen LogP contribution < -0.4 is 5.56 Å². The van der Waals surface area contributed by atoms with Gasteiger partial charge in [0.05, 0.1) is 11.5 Å². The standard InChI is InChI=1S/C14H10FN3O3/c1-9-2-4-11(7-16)14(19)17(9)8-10-3-5-13(18(20)21)12(15)6-10/h2-6H,8H2,1H3. The molecule has 0 aliphatic heterocycles. The Labute approximate surface area is 118 Å². The van der Waals surface area contributed by atoms with E-state index in [4.69, 9.17) is 5.26 Å². The molecule has 0 N–H and O–H groups in total. The molecule has 2 aromatic rings. The van der Waals surface area contributed by atoms with Gasteiger partial charge in [-0.15, -0.1) is 0 Å². The molecule has 0 unspecified atom stereocenters. The van der Waals surface area contributed by atoms with Crippen LogP contribution in [0.3, 0.4) is 0 Å². The van der Waals surface area contributed by atoms with Gasteiger partial charge in [-0.05, 0) is 30.7 Å². The molecule has 0 radical (unpaired) electrons. The zero-order chi connectivity index (χ0) is 15.6. The van der Waals surface area contributed by atoms with E-state index in [1.54, 1.807) is 19.1 Å². The van der Waals surface area contributed by atoms with Crippen LogP contribution in [-0.2, 0) is 6.54 Å². The number of aromatic nitrogens is 1. The van der Waals surface area contributed by atoms with Gasteiger partial charge in [0, 0.05) is 11.8 Å². The molecular formula is C14H10FN3O3. The first kappa shape index (κ1) is 14.4. The Morgan fingerprint density at radius 3 is 2.67 bits per heavy atom.